The van der Waals surface area contributed by atoms with Crippen LogP contribution in [0.2, 0.25) is 0 Å². The smallest absolute Gasteiger partial charge is 0.280 e. The second-order valence-electron chi connectivity index (χ2n) is 1.38. The van der Waals surface area contributed by atoms with E-state index in [1.54, 1.807) is 0 Å². The molecule has 0 atom stereocenters. The van der Waals surface area contributed by atoms with Crippen molar-refractivity contribution >= 4 is 5.96 Å². The predicted octanol–water partition coefficient (Wildman–Crippen LogP) is -1.39. The van der Waals surface area contributed by atoms with Gasteiger partial charge in [-0.1, -0.05) is 6.92 Å². The van der Waals surface area contributed by atoms with E-state index in [1.165, 1.54) is 0 Å². The average molecular weight is 147 g/mol. The van der Waals surface area contributed by atoms with Gasteiger partial charge in [-0.3, -0.25) is 5.43 Å². The summed E-state index contributed by atoms with van der Waals surface area (Å²) in [6.07, 6.45) is 0. The zero-order valence-corrected chi connectivity index (χ0v) is 5.50. The zero-order chi connectivity index (χ0) is 7.98. The SMILES string of the molecule is CCNN/C(N)=N/[N+](=O)[O-]. The first kappa shape index (κ1) is 8.63. The van der Waals surface area contributed by atoms with Crippen molar-refractivity contribution in [1.29, 1.82) is 0 Å². The van der Waals surface area contributed by atoms with Gasteiger partial charge in [0.1, 0.15) is 5.10 Å². The lowest BCUT2D eigenvalue weighted by atomic mass is 10.8. The normalized spacial score (nSPS) is 11.1. The van der Waals surface area contributed by atoms with E-state index in [9.17, 15) is 10.1 Å². The summed E-state index contributed by atoms with van der Waals surface area (Å²) in [5.74, 6) is -0.258. The highest BCUT2D eigenvalue weighted by atomic mass is 16.7. The van der Waals surface area contributed by atoms with E-state index in [0.29, 0.717) is 6.54 Å². The number of nitrogens with zero attached hydrogens (tertiary/aromatic N) is 2. The van der Waals surface area contributed by atoms with Gasteiger partial charge in [0.05, 0.1) is 0 Å². The van der Waals surface area contributed by atoms with Gasteiger partial charge < -0.3 is 5.73 Å². The van der Waals surface area contributed by atoms with Crippen molar-refractivity contribution in [2.24, 2.45) is 10.8 Å². The van der Waals surface area contributed by atoms with Gasteiger partial charge in [0.25, 0.3) is 5.96 Å². The Morgan fingerprint density at radius 3 is 2.90 bits per heavy atom. The highest BCUT2D eigenvalue weighted by Gasteiger charge is 1.94. The largest absolute Gasteiger partial charge is 0.364 e. The molecule has 0 saturated heterocycles. The number of hydrogen-bond acceptors (Lipinski definition) is 3. The van der Waals surface area contributed by atoms with Crippen LogP contribution in [-0.2, 0) is 0 Å². The lowest BCUT2D eigenvalue weighted by molar-refractivity contribution is -0.485. The van der Waals surface area contributed by atoms with E-state index >= 15 is 0 Å². The molecule has 0 saturated carbocycles. The van der Waals surface area contributed by atoms with Crippen LogP contribution in [-0.4, -0.2) is 17.5 Å². The maximum absolute atomic E-state index is 9.64. The average Bonchev–Trinajstić information content (AvgIpc) is 1.82. The van der Waals surface area contributed by atoms with E-state index in [2.05, 4.69) is 16.0 Å². The van der Waals surface area contributed by atoms with E-state index in [0.717, 1.165) is 0 Å². The summed E-state index contributed by atoms with van der Waals surface area (Å²) in [5.41, 5.74) is 9.84. The van der Waals surface area contributed by atoms with Crippen LogP contribution in [0.4, 0.5) is 0 Å². The van der Waals surface area contributed by atoms with Crippen LogP contribution >= 0.6 is 0 Å². The van der Waals surface area contributed by atoms with Gasteiger partial charge in [-0.15, -0.1) is 0 Å². The van der Waals surface area contributed by atoms with Gasteiger partial charge in [0, 0.05) is 6.54 Å². The molecule has 0 aromatic rings. The Morgan fingerprint density at radius 2 is 2.50 bits per heavy atom. The van der Waals surface area contributed by atoms with E-state index in [-0.39, 0.29) is 5.96 Å². The van der Waals surface area contributed by atoms with E-state index in [4.69, 9.17) is 5.73 Å². The van der Waals surface area contributed by atoms with Crippen molar-refractivity contribution in [3.05, 3.63) is 10.1 Å². The number of hydrazone groups is 1. The molecule has 0 bridgehead atoms. The third-order valence-electron chi connectivity index (χ3n) is 0.583. The van der Waals surface area contributed by atoms with Gasteiger partial charge in [-0.05, 0) is 0 Å². The van der Waals surface area contributed by atoms with Crippen molar-refractivity contribution in [2.45, 2.75) is 6.92 Å². The van der Waals surface area contributed by atoms with Crippen LogP contribution in [0.25, 0.3) is 0 Å². The van der Waals surface area contributed by atoms with Crippen LogP contribution in [0.15, 0.2) is 5.10 Å². The van der Waals surface area contributed by atoms with Gasteiger partial charge >= 0.3 is 0 Å². The summed E-state index contributed by atoms with van der Waals surface area (Å²) in [5, 5.41) is 11.5. The monoisotopic (exact) mass is 147 g/mol. The second-order valence-corrected chi connectivity index (χ2v) is 1.38. The number of hydrogen-bond donors (Lipinski definition) is 3. The van der Waals surface area contributed by atoms with Crippen molar-refractivity contribution in [3.63, 3.8) is 0 Å². The molecule has 7 heteroatoms. The number of hydrazine groups is 1. The minimum atomic E-state index is -0.875. The van der Waals surface area contributed by atoms with Crippen LogP contribution < -0.4 is 16.6 Å². The topological polar surface area (TPSA) is 106 Å². The molecule has 0 radical (unpaired) electrons. The number of nitrogens with one attached hydrogen (secondary N) is 2. The van der Waals surface area contributed by atoms with Gasteiger partial charge in [0.15, 0.2) is 5.03 Å². The molecule has 10 heavy (non-hydrogen) atoms. The number of rotatable bonds is 3. The minimum absolute atomic E-state index is 0.258. The fourth-order valence-electron chi connectivity index (χ4n) is 0.292. The summed E-state index contributed by atoms with van der Waals surface area (Å²) in [6.45, 7) is 2.42. The molecule has 0 unspecified atom stereocenters. The highest BCUT2D eigenvalue weighted by molar-refractivity contribution is 5.76. The molecular weight excluding hydrogens is 138 g/mol. The molecule has 58 valence electrons. The third kappa shape index (κ3) is 4.78. The molecule has 0 aliphatic rings. The summed E-state index contributed by atoms with van der Waals surface area (Å²) < 4.78 is 0. The van der Waals surface area contributed by atoms with Crippen LogP contribution in [0, 0.1) is 10.1 Å². The number of nitrogens with two attached hydrogens (primary N) is 1. The quantitative estimate of drug-likeness (QED) is 0.197. The fourth-order valence-corrected chi connectivity index (χ4v) is 0.292. The molecule has 0 spiro atoms. The van der Waals surface area contributed by atoms with Crippen LogP contribution in [0.3, 0.4) is 0 Å². The first-order valence-corrected chi connectivity index (χ1v) is 2.64. The molecule has 0 amide bonds. The third-order valence-corrected chi connectivity index (χ3v) is 0.583. The molecule has 0 aromatic carbocycles. The van der Waals surface area contributed by atoms with Crippen molar-refractivity contribution in [1.82, 2.24) is 10.9 Å². The van der Waals surface area contributed by atoms with Crippen molar-refractivity contribution < 1.29 is 5.03 Å². The molecule has 7 nitrogen and oxygen atoms in total. The van der Waals surface area contributed by atoms with E-state index < -0.39 is 5.03 Å². The zero-order valence-electron chi connectivity index (χ0n) is 5.50. The second kappa shape index (κ2) is 4.50. The molecule has 0 aliphatic carbocycles. The van der Waals surface area contributed by atoms with Crippen LogP contribution in [0.1, 0.15) is 6.92 Å². The summed E-state index contributed by atoms with van der Waals surface area (Å²) in [7, 11) is 0. The molecule has 0 rings (SSSR count). The van der Waals surface area contributed by atoms with Crippen LogP contribution in [0.5, 0.6) is 0 Å². The Balaban J connectivity index is 3.60. The Labute approximate surface area is 57.4 Å². The van der Waals surface area contributed by atoms with E-state index in [1.807, 2.05) is 6.92 Å². The molecule has 0 fully saturated rings. The predicted molar refractivity (Wildman–Crippen MR) is 35.4 cm³/mol. The minimum Gasteiger partial charge on any atom is -0.364 e. The Hall–Kier alpha value is -1.37. The lowest BCUT2D eigenvalue weighted by Gasteiger charge is -1.99. The molecule has 0 heterocycles. The number of nitro groups is 1. The molecule has 0 aromatic heterocycles. The standard InChI is InChI=1S/C3H9N5O2/c1-2-5-6-3(4)7-8(9)10/h5H,2H2,1H3,(H3,4,6,7). The Kier molecular flexibility index (Phi) is 3.89. The Bertz CT molecular complexity index is 144. The van der Waals surface area contributed by atoms with Gasteiger partial charge in [-0.25, -0.2) is 15.5 Å². The Morgan fingerprint density at radius 1 is 1.90 bits per heavy atom. The molecule has 0 aliphatic heterocycles. The maximum atomic E-state index is 9.64. The number of guanidine groups is 1. The highest BCUT2D eigenvalue weighted by Crippen LogP contribution is 1.65. The molecular formula is C3H9N5O2. The summed E-state index contributed by atoms with van der Waals surface area (Å²) >= 11 is 0. The maximum Gasteiger partial charge on any atom is 0.280 e. The van der Waals surface area contributed by atoms with Gasteiger partial charge in [0.2, 0.25) is 0 Å². The first-order valence-electron chi connectivity index (χ1n) is 2.64. The van der Waals surface area contributed by atoms with Crippen molar-refractivity contribution in [3.8, 4) is 0 Å². The van der Waals surface area contributed by atoms with Gasteiger partial charge in [-0.2, -0.15) is 0 Å². The van der Waals surface area contributed by atoms with Crippen molar-refractivity contribution in [2.75, 3.05) is 6.54 Å². The summed E-state index contributed by atoms with van der Waals surface area (Å²) in [4.78, 5) is 9.64. The lowest BCUT2D eigenvalue weighted by Crippen LogP contribution is -2.42. The molecule has 4 N–H and O–H groups in total. The fraction of sp³-hybridized carbons (Fsp3) is 0.667. The first-order chi connectivity index (χ1) is 4.66. The summed E-state index contributed by atoms with van der Waals surface area (Å²) in [6, 6.07) is 0.